The fourth-order valence-corrected chi connectivity index (χ4v) is 8.25. The predicted molar refractivity (Wildman–Crippen MR) is 169 cm³/mol. The third-order valence-corrected chi connectivity index (χ3v) is 10.5. The van der Waals surface area contributed by atoms with E-state index in [2.05, 4.69) is 94.0 Å². The monoisotopic (exact) mass is 568 g/mol. The van der Waals surface area contributed by atoms with Gasteiger partial charge in [0.1, 0.15) is 11.9 Å². The van der Waals surface area contributed by atoms with Crippen LogP contribution >= 0.6 is 0 Å². The van der Waals surface area contributed by atoms with Gasteiger partial charge in [-0.25, -0.2) is 4.98 Å². The van der Waals surface area contributed by atoms with Gasteiger partial charge < -0.3 is 19.1 Å². The standard InChI is InChI=1S/C36H48N4O2/c1-4-35(41)42-34-12-8-11-33(34)36(30-9-6-5-7-10-30,26-39-22-19-37-28(39)3)31-17-20-38(21-18-31)23-29-24-40(25-29)32-15-13-27(2)14-16-32/h5-7,9-10,13-16,19,22,29,31,33-34H,4,8,11-12,17-18,20-21,23-26H2,1-3H3/t33-,34-,36+/m0/s1. The van der Waals surface area contributed by atoms with Gasteiger partial charge in [0.05, 0.1) is 0 Å². The van der Waals surface area contributed by atoms with Crippen LogP contribution in [0.25, 0.3) is 0 Å². The van der Waals surface area contributed by atoms with Crippen molar-refractivity contribution in [3.05, 3.63) is 83.9 Å². The molecule has 2 saturated heterocycles. The van der Waals surface area contributed by atoms with Crippen molar-refractivity contribution >= 4 is 11.7 Å². The van der Waals surface area contributed by atoms with Crippen molar-refractivity contribution in [2.24, 2.45) is 17.8 Å². The number of benzene rings is 2. The van der Waals surface area contributed by atoms with E-state index in [0.29, 0.717) is 18.3 Å². The lowest BCUT2D eigenvalue weighted by atomic mass is 9.58. The number of hydrogen-bond donors (Lipinski definition) is 0. The normalized spacial score (nSPS) is 23.5. The van der Waals surface area contributed by atoms with Gasteiger partial charge in [-0.15, -0.1) is 0 Å². The highest BCUT2D eigenvalue weighted by Crippen LogP contribution is 2.52. The molecule has 3 heterocycles. The van der Waals surface area contributed by atoms with Crippen LogP contribution < -0.4 is 4.90 Å². The average Bonchev–Trinajstić information content (AvgIpc) is 3.63. The van der Waals surface area contributed by atoms with Gasteiger partial charge in [0.2, 0.25) is 0 Å². The molecule has 2 aromatic carbocycles. The van der Waals surface area contributed by atoms with E-state index >= 15 is 0 Å². The topological polar surface area (TPSA) is 50.6 Å². The Bertz CT molecular complexity index is 1310. The van der Waals surface area contributed by atoms with E-state index in [1.807, 2.05) is 13.1 Å². The maximum atomic E-state index is 12.6. The van der Waals surface area contributed by atoms with Gasteiger partial charge >= 0.3 is 5.97 Å². The summed E-state index contributed by atoms with van der Waals surface area (Å²) >= 11 is 0. The smallest absolute Gasteiger partial charge is 0.305 e. The van der Waals surface area contributed by atoms with Crippen LogP contribution in [0.4, 0.5) is 5.69 Å². The first-order valence-corrected chi connectivity index (χ1v) is 16.2. The molecule has 1 saturated carbocycles. The minimum atomic E-state index is -0.118. The summed E-state index contributed by atoms with van der Waals surface area (Å²) in [7, 11) is 0. The maximum absolute atomic E-state index is 12.6. The molecule has 0 spiro atoms. The van der Waals surface area contributed by atoms with Crippen molar-refractivity contribution in [3.63, 3.8) is 0 Å². The van der Waals surface area contributed by atoms with Gasteiger partial charge in [0.25, 0.3) is 0 Å². The first kappa shape index (κ1) is 29.0. The Morgan fingerprint density at radius 2 is 1.71 bits per heavy atom. The van der Waals surface area contributed by atoms with Gasteiger partial charge in [0.15, 0.2) is 0 Å². The second kappa shape index (κ2) is 12.6. The molecule has 1 aliphatic carbocycles. The first-order valence-electron chi connectivity index (χ1n) is 16.2. The molecule has 0 N–H and O–H groups in total. The number of likely N-dealkylation sites (tertiary alicyclic amines) is 1. The molecule has 2 aliphatic heterocycles. The first-order chi connectivity index (χ1) is 20.5. The van der Waals surface area contributed by atoms with Gasteiger partial charge in [-0.3, -0.25) is 4.79 Å². The van der Waals surface area contributed by atoms with Crippen LogP contribution in [-0.4, -0.2) is 59.2 Å². The van der Waals surface area contributed by atoms with Crippen LogP contribution in [0, 0.1) is 31.6 Å². The molecule has 6 nitrogen and oxygen atoms in total. The SMILES string of the molecule is CCC(=O)O[C@H]1CCC[C@@H]1[C@](Cn1ccnc1C)(c1ccccc1)C1CCN(CC2CN(c3ccc(C)cc3)C2)CC1. The zero-order chi connectivity index (χ0) is 29.1. The van der Waals surface area contributed by atoms with Crippen molar-refractivity contribution in [2.45, 2.75) is 77.4 Å². The number of piperidine rings is 1. The van der Waals surface area contributed by atoms with Crippen LogP contribution in [-0.2, 0) is 21.5 Å². The molecule has 3 atom stereocenters. The van der Waals surface area contributed by atoms with E-state index in [9.17, 15) is 4.79 Å². The van der Waals surface area contributed by atoms with E-state index in [-0.39, 0.29) is 17.5 Å². The number of esters is 1. The predicted octanol–water partition coefficient (Wildman–Crippen LogP) is 6.41. The van der Waals surface area contributed by atoms with Crippen molar-refractivity contribution in [1.29, 1.82) is 0 Å². The third kappa shape index (κ3) is 5.88. The van der Waals surface area contributed by atoms with Gasteiger partial charge in [0, 0.05) is 67.9 Å². The molecule has 6 rings (SSSR count). The maximum Gasteiger partial charge on any atom is 0.305 e. The molecule has 0 radical (unpaired) electrons. The Kier molecular flexibility index (Phi) is 8.71. The van der Waals surface area contributed by atoms with Crippen molar-refractivity contribution < 1.29 is 9.53 Å². The molecule has 6 heteroatoms. The molecule has 0 amide bonds. The molecule has 0 bridgehead atoms. The summed E-state index contributed by atoms with van der Waals surface area (Å²) in [6.45, 7) is 12.8. The minimum Gasteiger partial charge on any atom is -0.462 e. The van der Waals surface area contributed by atoms with Crippen LogP contribution in [0.3, 0.4) is 0 Å². The summed E-state index contributed by atoms with van der Waals surface area (Å²) in [6.07, 6.45) is 9.99. The Balaban J connectivity index is 1.22. The number of carbonyl (C=O) groups excluding carboxylic acids is 1. The second-order valence-electron chi connectivity index (χ2n) is 13.1. The van der Waals surface area contributed by atoms with Crippen LogP contribution in [0.5, 0.6) is 0 Å². The lowest BCUT2D eigenvalue weighted by molar-refractivity contribution is -0.152. The van der Waals surface area contributed by atoms with E-state index in [4.69, 9.17) is 4.74 Å². The van der Waals surface area contributed by atoms with E-state index in [0.717, 1.165) is 63.7 Å². The summed E-state index contributed by atoms with van der Waals surface area (Å²) in [5, 5.41) is 0. The number of anilines is 1. The summed E-state index contributed by atoms with van der Waals surface area (Å²) in [5.74, 6) is 2.53. The van der Waals surface area contributed by atoms with Gasteiger partial charge in [-0.2, -0.15) is 0 Å². The lowest BCUT2D eigenvalue weighted by Crippen LogP contribution is -2.55. The van der Waals surface area contributed by atoms with Crippen molar-refractivity contribution in [1.82, 2.24) is 14.5 Å². The minimum absolute atomic E-state index is 0.0257. The molecule has 224 valence electrons. The van der Waals surface area contributed by atoms with Gasteiger partial charge in [-0.05, 0) is 82.7 Å². The molecule has 3 aliphatic rings. The third-order valence-electron chi connectivity index (χ3n) is 10.5. The highest BCUT2D eigenvalue weighted by molar-refractivity contribution is 5.69. The fraction of sp³-hybridized carbons (Fsp3) is 0.556. The van der Waals surface area contributed by atoms with Crippen LogP contribution in [0.15, 0.2) is 67.0 Å². The number of nitrogens with zero attached hydrogens (tertiary/aromatic N) is 4. The quantitative estimate of drug-likeness (QED) is 0.265. The molecule has 1 aromatic heterocycles. The Morgan fingerprint density at radius 1 is 0.976 bits per heavy atom. The number of aryl methyl sites for hydroxylation is 2. The highest BCUT2D eigenvalue weighted by atomic mass is 16.5. The molecule has 3 aromatic rings. The Morgan fingerprint density at radius 3 is 2.38 bits per heavy atom. The zero-order valence-electron chi connectivity index (χ0n) is 25.8. The number of imidazole rings is 1. The van der Waals surface area contributed by atoms with Gasteiger partial charge in [-0.1, -0.05) is 55.0 Å². The largest absolute Gasteiger partial charge is 0.462 e. The molecule has 42 heavy (non-hydrogen) atoms. The fourth-order valence-electron chi connectivity index (χ4n) is 8.25. The van der Waals surface area contributed by atoms with Crippen molar-refractivity contribution in [2.75, 3.05) is 37.6 Å². The number of carbonyl (C=O) groups is 1. The summed E-state index contributed by atoms with van der Waals surface area (Å²) in [4.78, 5) is 22.4. The number of ether oxygens (including phenoxy) is 1. The van der Waals surface area contributed by atoms with E-state index < -0.39 is 0 Å². The summed E-state index contributed by atoms with van der Waals surface area (Å²) < 4.78 is 8.56. The average molecular weight is 569 g/mol. The Labute approximate surface area is 252 Å². The van der Waals surface area contributed by atoms with Crippen LogP contribution in [0.1, 0.15) is 62.4 Å². The number of aromatic nitrogens is 2. The molecule has 0 unspecified atom stereocenters. The second-order valence-corrected chi connectivity index (χ2v) is 13.1. The summed E-state index contributed by atoms with van der Waals surface area (Å²) in [5.41, 5.74) is 3.95. The number of rotatable bonds is 10. The Hall–Kier alpha value is -3.12. The molecular formula is C36H48N4O2. The lowest BCUT2D eigenvalue weighted by Gasteiger charge is -2.51. The van der Waals surface area contributed by atoms with Crippen LogP contribution in [0.2, 0.25) is 0 Å². The van der Waals surface area contributed by atoms with Crippen molar-refractivity contribution in [3.8, 4) is 0 Å². The van der Waals surface area contributed by atoms with E-state index in [1.54, 1.807) is 0 Å². The molecule has 3 fully saturated rings. The zero-order valence-corrected chi connectivity index (χ0v) is 25.8. The molecular weight excluding hydrogens is 520 g/mol. The highest BCUT2D eigenvalue weighted by Gasteiger charge is 2.53. The number of hydrogen-bond acceptors (Lipinski definition) is 5. The summed E-state index contributed by atoms with van der Waals surface area (Å²) in [6, 6.07) is 20.1. The van der Waals surface area contributed by atoms with E-state index in [1.165, 1.54) is 36.2 Å².